The van der Waals surface area contributed by atoms with E-state index in [-0.39, 0.29) is 0 Å². The Labute approximate surface area is 127 Å². The number of aromatic nitrogens is 1. The second-order valence-electron chi connectivity index (χ2n) is 6.22. The molecule has 0 saturated carbocycles. The minimum Gasteiger partial charge on any atom is -0.389 e. The van der Waals surface area contributed by atoms with Gasteiger partial charge in [-0.25, -0.2) is 4.98 Å². The van der Waals surface area contributed by atoms with Crippen LogP contribution in [0.2, 0.25) is 0 Å². The highest BCUT2D eigenvalue weighted by atomic mass is 32.1. The minimum absolute atomic E-state index is 0.387. The number of nitrogens with two attached hydrogens (primary N) is 1. The summed E-state index contributed by atoms with van der Waals surface area (Å²) in [6.07, 6.45) is 5.70. The van der Waals surface area contributed by atoms with Gasteiger partial charge in [-0.1, -0.05) is 26.1 Å². The second-order valence-corrected chi connectivity index (χ2v) is 6.66. The fraction of sp³-hybridized carbons (Fsp3) is 0.625. The lowest BCUT2D eigenvalue weighted by molar-refractivity contribution is 0.527. The topological polar surface area (TPSA) is 50.9 Å². The highest BCUT2D eigenvalue weighted by Gasteiger charge is 2.18. The molecule has 0 bridgehead atoms. The number of anilines is 1. The summed E-state index contributed by atoms with van der Waals surface area (Å²) in [4.78, 5) is 5.20. The molecule has 3 N–H and O–H groups in total. The molecule has 110 valence electrons. The molecule has 3 nitrogen and oxygen atoms in total. The van der Waals surface area contributed by atoms with E-state index in [0.29, 0.717) is 11.0 Å². The van der Waals surface area contributed by atoms with E-state index < -0.39 is 0 Å². The van der Waals surface area contributed by atoms with Crippen LogP contribution in [0.25, 0.3) is 0 Å². The largest absolute Gasteiger partial charge is 0.389 e. The molecule has 1 aromatic heterocycles. The van der Waals surface area contributed by atoms with Crippen LogP contribution < -0.4 is 11.1 Å². The van der Waals surface area contributed by atoms with Crippen molar-refractivity contribution >= 4 is 23.0 Å². The third-order valence-electron chi connectivity index (χ3n) is 3.88. The van der Waals surface area contributed by atoms with Gasteiger partial charge >= 0.3 is 0 Å². The van der Waals surface area contributed by atoms with Crippen LogP contribution in [0.1, 0.15) is 56.9 Å². The van der Waals surface area contributed by atoms with Crippen LogP contribution in [0.3, 0.4) is 0 Å². The van der Waals surface area contributed by atoms with Gasteiger partial charge in [0.2, 0.25) is 0 Å². The first kappa shape index (κ1) is 15.2. The molecule has 2 rings (SSSR count). The predicted octanol–water partition coefficient (Wildman–Crippen LogP) is 3.44. The van der Waals surface area contributed by atoms with Gasteiger partial charge in [-0.2, -0.15) is 0 Å². The van der Waals surface area contributed by atoms with Crippen LogP contribution in [0.15, 0.2) is 6.07 Å². The molecule has 0 radical (unpaired) electrons. The lowest BCUT2D eigenvalue weighted by atomic mass is 10.0. The van der Waals surface area contributed by atoms with Gasteiger partial charge in [0, 0.05) is 11.7 Å². The maximum Gasteiger partial charge on any atom is 0.136 e. The lowest BCUT2D eigenvalue weighted by Crippen LogP contribution is -2.21. The van der Waals surface area contributed by atoms with E-state index >= 15 is 0 Å². The van der Waals surface area contributed by atoms with E-state index in [0.717, 1.165) is 36.6 Å². The number of nitrogens with zero attached hydrogens (tertiary/aromatic N) is 1. The Morgan fingerprint density at radius 3 is 2.75 bits per heavy atom. The molecule has 1 aliphatic rings. The first-order valence-electron chi connectivity index (χ1n) is 7.56. The van der Waals surface area contributed by atoms with Crippen LogP contribution in [0, 0.1) is 5.92 Å². The van der Waals surface area contributed by atoms with Crippen molar-refractivity contribution in [3.05, 3.63) is 22.9 Å². The van der Waals surface area contributed by atoms with Crippen molar-refractivity contribution < 1.29 is 0 Å². The molecule has 20 heavy (non-hydrogen) atoms. The number of aryl methyl sites for hydroxylation is 2. The van der Waals surface area contributed by atoms with Crippen LogP contribution >= 0.6 is 12.2 Å². The van der Waals surface area contributed by atoms with Crippen molar-refractivity contribution in [1.82, 2.24) is 4.98 Å². The third-order valence-corrected chi connectivity index (χ3v) is 4.10. The number of thiocarbonyl (C=S) groups is 1. The van der Waals surface area contributed by atoms with Crippen molar-refractivity contribution in [2.24, 2.45) is 11.7 Å². The van der Waals surface area contributed by atoms with Gasteiger partial charge in [0.15, 0.2) is 0 Å². The summed E-state index contributed by atoms with van der Waals surface area (Å²) in [6, 6.07) is 2.52. The number of rotatable bonds is 6. The molecule has 0 spiro atoms. The van der Waals surface area contributed by atoms with Gasteiger partial charge < -0.3 is 11.1 Å². The normalized spacial score (nSPS) is 15.2. The molecule has 1 atom stereocenters. The van der Waals surface area contributed by atoms with Crippen LogP contribution in [-0.2, 0) is 12.8 Å². The summed E-state index contributed by atoms with van der Waals surface area (Å²) in [7, 11) is 0. The Morgan fingerprint density at radius 1 is 1.35 bits per heavy atom. The number of hydrogen-bond acceptors (Lipinski definition) is 3. The number of pyridine rings is 1. The molecule has 0 amide bonds. The first-order valence-corrected chi connectivity index (χ1v) is 7.97. The maximum atomic E-state index is 5.86. The van der Waals surface area contributed by atoms with E-state index in [1.165, 1.54) is 24.1 Å². The number of nitrogens with one attached hydrogen (secondary N) is 1. The van der Waals surface area contributed by atoms with Crippen LogP contribution in [0.4, 0.5) is 5.82 Å². The summed E-state index contributed by atoms with van der Waals surface area (Å²) in [5, 5.41) is 3.50. The van der Waals surface area contributed by atoms with Gasteiger partial charge in [0.25, 0.3) is 0 Å². The molecule has 0 saturated heterocycles. The van der Waals surface area contributed by atoms with Gasteiger partial charge in [0.1, 0.15) is 10.8 Å². The molecule has 1 unspecified atom stereocenters. The average molecular weight is 291 g/mol. The van der Waals surface area contributed by atoms with E-state index in [1.807, 2.05) is 0 Å². The molecular formula is C16H25N3S. The second kappa shape index (κ2) is 6.53. The van der Waals surface area contributed by atoms with Crippen molar-refractivity contribution in [2.75, 3.05) is 5.32 Å². The molecule has 0 aliphatic heterocycles. The smallest absolute Gasteiger partial charge is 0.136 e. The van der Waals surface area contributed by atoms with Crippen molar-refractivity contribution in [3.63, 3.8) is 0 Å². The standard InChI is InChI=1S/C16H25N3S/c1-10(2)7-8-11(3)18-16-13(15(17)20)9-12-5-4-6-14(12)19-16/h9-11H,4-8H2,1-3H3,(H2,17,20)(H,18,19). The van der Waals surface area contributed by atoms with E-state index in [1.54, 1.807) is 0 Å². The molecular weight excluding hydrogens is 266 g/mol. The minimum atomic E-state index is 0.387. The zero-order chi connectivity index (χ0) is 14.7. The van der Waals surface area contributed by atoms with E-state index in [4.69, 9.17) is 22.9 Å². The molecule has 1 aliphatic carbocycles. The lowest BCUT2D eigenvalue weighted by Gasteiger charge is -2.19. The quantitative estimate of drug-likeness (QED) is 0.788. The molecule has 0 aromatic carbocycles. The monoisotopic (exact) mass is 291 g/mol. The van der Waals surface area contributed by atoms with Gasteiger partial charge in [-0.3, -0.25) is 0 Å². The predicted molar refractivity (Wildman–Crippen MR) is 89.3 cm³/mol. The maximum absolute atomic E-state index is 5.86. The summed E-state index contributed by atoms with van der Waals surface area (Å²) in [5.41, 5.74) is 9.28. The number of hydrogen-bond donors (Lipinski definition) is 2. The van der Waals surface area contributed by atoms with Crippen molar-refractivity contribution in [1.29, 1.82) is 0 Å². The molecule has 0 fully saturated rings. The fourth-order valence-electron chi connectivity index (χ4n) is 2.66. The van der Waals surface area contributed by atoms with Crippen LogP contribution in [-0.4, -0.2) is 16.0 Å². The van der Waals surface area contributed by atoms with Gasteiger partial charge in [0.05, 0.1) is 5.56 Å². The Balaban J connectivity index is 2.15. The van der Waals surface area contributed by atoms with E-state index in [2.05, 4.69) is 32.2 Å². The fourth-order valence-corrected chi connectivity index (χ4v) is 2.81. The van der Waals surface area contributed by atoms with Crippen molar-refractivity contribution in [3.8, 4) is 0 Å². The summed E-state index contributed by atoms with van der Waals surface area (Å²) < 4.78 is 0. The Bertz CT molecular complexity index is 497. The average Bonchev–Trinajstić information content (AvgIpc) is 2.82. The van der Waals surface area contributed by atoms with Crippen LogP contribution in [0.5, 0.6) is 0 Å². The third kappa shape index (κ3) is 3.69. The summed E-state index contributed by atoms with van der Waals surface area (Å²) in [6.45, 7) is 6.70. The molecule has 4 heteroatoms. The van der Waals surface area contributed by atoms with Gasteiger partial charge in [-0.05, 0) is 56.6 Å². The van der Waals surface area contributed by atoms with E-state index in [9.17, 15) is 0 Å². The summed E-state index contributed by atoms with van der Waals surface area (Å²) >= 11 is 5.18. The molecule has 1 heterocycles. The molecule has 1 aromatic rings. The van der Waals surface area contributed by atoms with Gasteiger partial charge in [-0.15, -0.1) is 0 Å². The van der Waals surface area contributed by atoms with Crippen molar-refractivity contribution in [2.45, 2.75) is 58.9 Å². The Morgan fingerprint density at radius 2 is 2.10 bits per heavy atom. The Hall–Kier alpha value is -1.16. The summed E-state index contributed by atoms with van der Waals surface area (Å²) in [5.74, 6) is 1.59. The highest BCUT2D eigenvalue weighted by molar-refractivity contribution is 7.80. The zero-order valence-electron chi connectivity index (χ0n) is 12.7. The highest BCUT2D eigenvalue weighted by Crippen LogP contribution is 2.26. The first-order chi connectivity index (χ1) is 9.47. The zero-order valence-corrected chi connectivity index (χ0v) is 13.5. The SMILES string of the molecule is CC(C)CCC(C)Nc1nc2c(cc1C(N)=S)CCC2. The Kier molecular flexibility index (Phi) is 4.97. The number of fused-ring (bicyclic) bond motifs is 1.